The van der Waals surface area contributed by atoms with Crippen molar-refractivity contribution in [1.29, 1.82) is 0 Å². The first-order valence-corrected chi connectivity index (χ1v) is 9.70. The molecule has 0 spiro atoms. The Balaban J connectivity index is 2.30. The summed E-state index contributed by atoms with van der Waals surface area (Å²) in [5, 5.41) is 10.4. The number of benzene rings is 1. The van der Waals surface area contributed by atoms with Crippen LogP contribution in [-0.4, -0.2) is 48.8 Å². The van der Waals surface area contributed by atoms with E-state index in [9.17, 15) is 19.5 Å². The summed E-state index contributed by atoms with van der Waals surface area (Å²) in [6, 6.07) is 3.03. The molecule has 1 aliphatic heterocycles. The molecule has 2 aliphatic rings. The molecule has 0 radical (unpaired) electrons. The number of carbonyl (C=O) groups is 3. The summed E-state index contributed by atoms with van der Waals surface area (Å²) in [6.45, 7) is 1.62. The Kier molecular flexibility index (Phi) is 5.55. The van der Waals surface area contributed by atoms with Gasteiger partial charge in [0.25, 0.3) is 5.60 Å². The van der Waals surface area contributed by atoms with Crippen molar-refractivity contribution in [3.05, 3.63) is 32.6 Å². The summed E-state index contributed by atoms with van der Waals surface area (Å²) in [5.74, 6) is -2.08. The summed E-state index contributed by atoms with van der Waals surface area (Å²) in [5.41, 5.74) is -2.20. The Hall–Kier alpha value is -2.30. The topological polar surface area (TPSA) is 108 Å². The van der Waals surface area contributed by atoms with Gasteiger partial charge in [-0.05, 0) is 41.1 Å². The number of aromatic hydroxyl groups is 1. The van der Waals surface area contributed by atoms with Gasteiger partial charge in [-0.1, -0.05) is 6.92 Å². The van der Waals surface area contributed by atoms with Gasteiger partial charge in [0, 0.05) is 12.8 Å². The fourth-order valence-corrected chi connectivity index (χ4v) is 3.99. The lowest BCUT2D eigenvalue weighted by atomic mass is 9.74. The molecular formula is C19H19IO8. The van der Waals surface area contributed by atoms with Gasteiger partial charge in [-0.2, -0.15) is 0 Å². The molecule has 0 bridgehead atoms. The van der Waals surface area contributed by atoms with Gasteiger partial charge in [-0.15, -0.1) is 0 Å². The van der Waals surface area contributed by atoms with E-state index in [0.29, 0.717) is 3.57 Å². The van der Waals surface area contributed by atoms with Crippen LogP contribution in [0.2, 0.25) is 0 Å². The third kappa shape index (κ3) is 2.92. The first-order chi connectivity index (χ1) is 13.3. The monoisotopic (exact) mass is 502 g/mol. The maximum absolute atomic E-state index is 13.4. The lowest BCUT2D eigenvalue weighted by Gasteiger charge is -2.44. The van der Waals surface area contributed by atoms with Gasteiger partial charge < -0.3 is 24.1 Å². The fourth-order valence-electron chi connectivity index (χ4n) is 3.54. The molecule has 3 rings (SSSR count). The molecule has 0 unspecified atom stereocenters. The van der Waals surface area contributed by atoms with E-state index < -0.39 is 29.4 Å². The number of ether oxygens (including phenoxy) is 4. The minimum Gasteiger partial charge on any atom is -0.506 e. The minimum absolute atomic E-state index is 0.00645. The molecule has 150 valence electrons. The van der Waals surface area contributed by atoms with Crippen LogP contribution in [0.3, 0.4) is 0 Å². The molecule has 0 amide bonds. The van der Waals surface area contributed by atoms with E-state index in [1.807, 2.05) is 22.6 Å². The second-order valence-electron chi connectivity index (χ2n) is 6.30. The average Bonchev–Trinajstić information content (AvgIpc) is 2.70. The molecular weight excluding hydrogens is 483 g/mol. The van der Waals surface area contributed by atoms with Crippen LogP contribution in [-0.2, 0) is 23.8 Å². The average molecular weight is 502 g/mol. The summed E-state index contributed by atoms with van der Waals surface area (Å²) in [4.78, 5) is 38.3. The number of esters is 2. The molecule has 1 N–H and O–H groups in total. The third-order valence-electron chi connectivity index (χ3n) is 4.85. The van der Waals surface area contributed by atoms with Crippen LogP contribution in [0, 0.1) is 3.57 Å². The Labute approximate surface area is 174 Å². The van der Waals surface area contributed by atoms with Gasteiger partial charge in [-0.3, -0.25) is 9.59 Å². The van der Waals surface area contributed by atoms with Crippen molar-refractivity contribution in [2.75, 3.05) is 14.2 Å². The second kappa shape index (κ2) is 7.61. The summed E-state index contributed by atoms with van der Waals surface area (Å²) in [6.07, 6.45) is -0.541. The minimum atomic E-state index is -2.01. The number of ketones is 1. The summed E-state index contributed by atoms with van der Waals surface area (Å²) >= 11 is 1.89. The van der Waals surface area contributed by atoms with Crippen molar-refractivity contribution in [3.8, 4) is 11.5 Å². The highest BCUT2D eigenvalue weighted by Crippen LogP contribution is 2.49. The Morgan fingerprint density at radius 2 is 2.07 bits per heavy atom. The van der Waals surface area contributed by atoms with Crippen LogP contribution in [0.25, 0.3) is 0 Å². The summed E-state index contributed by atoms with van der Waals surface area (Å²) < 4.78 is 22.2. The molecule has 0 fully saturated rings. The standard InChI is InChI=1S/C19H19IO8/c1-4-13(21)27-12-8-7-11(25-2)15-17(23)14-10(6-5-9(20)16(14)22)28-19(12,15)18(24)26-3/h5-6,12,22H,4,7-8H2,1-3H3/t12-,19+/m1/s1. The number of hydrogen-bond acceptors (Lipinski definition) is 8. The van der Waals surface area contributed by atoms with Crippen molar-refractivity contribution in [1.82, 2.24) is 0 Å². The lowest BCUT2D eigenvalue weighted by molar-refractivity contribution is -0.178. The first kappa shape index (κ1) is 20.4. The van der Waals surface area contributed by atoms with Gasteiger partial charge in [0.2, 0.25) is 5.78 Å². The van der Waals surface area contributed by atoms with Crippen LogP contribution < -0.4 is 4.74 Å². The van der Waals surface area contributed by atoms with Crippen LogP contribution in [0.4, 0.5) is 0 Å². The second-order valence-corrected chi connectivity index (χ2v) is 7.46. The Morgan fingerprint density at radius 3 is 2.68 bits per heavy atom. The Morgan fingerprint density at radius 1 is 1.36 bits per heavy atom. The molecule has 2 atom stereocenters. The van der Waals surface area contributed by atoms with Crippen LogP contribution >= 0.6 is 22.6 Å². The van der Waals surface area contributed by atoms with Crippen LogP contribution in [0.15, 0.2) is 23.5 Å². The molecule has 1 aromatic rings. The highest BCUT2D eigenvalue weighted by molar-refractivity contribution is 14.1. The summed E-state index contributed by atoms with van der Waals surface area (Å²) in [7, 11) is 2.53. The quantitative estimate of drug-likeness (QED) is 0.495. The number of fused-ring (bicyclic) bond motifs is 2. The molecule has 28 heavy (non-hydrogen) atoms. The maximum atomic E-state index is 13.4. The molecule has 8 nitrogen and oxygen atoms in total. The number of phenols is 1. The van der Waals surface area contributed by atoms with Crippen molar-refractivity contribution in [3.63, 3.8) is 0 Å². The van der Waals surface area contributed by atoms with Crippen molar-refractivity contribution in [2.45, 2.75) is 37.9 Å². The molecule has 0 saturated carbocycles. The number of phenolic OH excluding ortho intramolecular Hbond substituents is 1. The van der Waals surface area contributed by atoms with Crippen LogP contribution in [0.1, 0.15) is 36.5 Å². The fraction of sp³-hybridized carbons (Fsp3) is 0.421. The third-order valence-corrected chi connectivity index (χ3v) is 5.72. The zero-order valence-electron chi connectivity index (χ0n) is 15.5. The highest BCUT2D eigenvalue weighted by atomic mass is 127. The normalized spacial score (nSPS) is 23.3. The Bertz CT molecular complexity index is 890. The molecule has 0 saturated heterocycles. The maximum Gasteiger partial charge on any atom is 0.359 e. The number of methoxy groups -OCH3 is 2. The molecule has 1 aromatic carbocycles. The zero-order chi connectivity index (χ0) is 20.6. The number of halogens is 1. The van der Waals surface area contributed by atoms with Gasteiger partial charge in [0.15, 0.2) is 6.10 Å². The van der Waals surface area contributed by atoms with E-state index in [1.54, 1.807) is 13.0 Å². The zero-order valence-corrected chi connectivity index (χ0v) is 17.7. The number of carbonyl (C=O) groups excluding carboxylic acids is 3. The van der Waals surface area contributed by atoms with E-state index in [-0.39, 0.29) is 47.7 Å². The van der Waals surface area contributed by atoms with Crippen molar-refractivity contribution >= 4 is 40.3 Å². The lowest BCUT2D eigenvalue weighted by Crippen LogP contribution is -2.62. The van der Waals surface area contributed by atoms with E-state index >= 15 is 0 Å². The smallest absolute Gasteiger partial charge is 0.359 e. The van der Waals surface area contributed by atoms with Gasteiger partial charge in [0.05, 0.1) is 23.4 Å². The van der Waals surface area contributed by atoms with Crippen molar-refractivity contribution in [2.24, 2.45) is 0 Å². The molecule has 9 heteroatoms. The highest BCUT2D eigenvalue weighted by Gasteiger charge is 2.63. The van der Waals surface area contributed by atoms with E-state index in [2.05, 4.69) is 0 Å². The number of rotatable bonds is 4. The van der Waals surface area contributed by atoms with Gasteiger partial charge in [-0.25, -0.2) is 4.79 Å². The predicted molar refractivity (Wildman–Crippen MR) is 104 cm³/mol. The predicted octanol–water partition coefficient (Wildman–Crippen LogP) is 2.50. The van der Waals surface area contributed by atoms with Crippen molar-refractivity contribution < 1.29 is 38.4 Å². The molecule has 0 aromatic heterocycles. The first-order valence-electron chi connectivity index (χ1n) is 8.62. The van der Waals surface area contributed by atoms with E-state index in [0.717, 1.165) is 7.11 Å². The molecule has 1 heterocycles. The van der Waals surface area contributed by atoms with E-state index in [1.165, 1.54) is 13.2 Å². The number of Topliss-reactive ketones (excluding diaryl/α,β-unsaturated/α-hetero) is 1. The SMILES string of the molecule is CCC(=O)O[C@@H]1CCC(OC)=C2C(=O)c3c(ccc(I)c3O)O[C@]21C(=O)OC. The van der Waals surface area contributed by atoms with Crippen LogP contribution in [0.5, 0.6) is 11.5 Å². The molecule has 1 aliphatic carbocycles. The van der Waals surface area contributed by atoms with Gasteiger partial charge >= 0.3 is 11.9 Å². The van der Waals surface area contributed by atoms with E-state index in [4.69, 9.17) is 18.9 Å². The number of allylic oxidation sites excluding steroid dienone is 1. The largest absolute Gasteiger partial charge is 0.506 e. The van der Waals surface area contributed by atoms with Gasteiger partial charge in [0.1, 0.15) is 22.8 Å². The number of hydrogen-bond donors (Lipinski definition) is 1.